The number of β-amino-alcohol motifs (C(OH)–C–C–N with tert-alkyl or cyclic N) is 1. The monoisotopic (exact) mass is 378 g/mol. The maximum Gasteiger partial charge on any atom is 0.325 e. The second-order valence-corrected chi connectivity index (χ2v) is 8.70. The van der Waals surface area contributed by atoms with Crippen molar-refractivity contribution in [3.8, 4) is 5.75 Å². The van der Waals surface area contributed by atoms with E-state index in [1.807, 2.05) is 0 Å². The van der Waals surface area contributed by atoms with Gasteiger partial charge in [-0.25, -0.2) is 9.18 Å². The lowest BCUT2D eigenvalue weighted by Gasteiger charge is -2.43. The van der Waals surface area contributed by atoms with E-state index in [0.29, 0.717) is 24.5 Å². The first-order chi connectivity index (χ1) is 12.6. The van der Waals surface area contributed by atoms with Crippen LogP contribution in [0.15, 0.2) is 24.3 Å². The predicted octanol–water partition coefficient (Wildman–Crippen LogP) is 2.70. The highest BCUT2D eigenvalue weighted by atomic mass is 19.1. The molecule has 27 heavy (non-hydrogen) atoms. The van der Waals surface area contributed by atoms with Gasteiger partial charge in [0.15, 0.2) is 0 Å². The Morgan fingerprint density at radius 1 is 1.30 bits per heavy atom. The van der Waals surface area contributed by atoms with Gasteiger partial charge in [-0.2, -0.15) is 0 Å². The minimum atomic E-state index is -1.03. The minimum Gasteiger partial charge on any atom is -0.491 e. The van der Waals surface area contributed by atoms with Gasteiger partial charge >= 0.3 is 6.03 Å². The number of ether oxygens (including phenoxy) is 1. The van der Waals surface area contributed by atoms with Crippen LogP contribution in [0.2, 0.25) is 0 Å². The summed E-state index contributed by atoms with van der Waals surface area (Å²) in [6, 6.07) is 4.96. The molecule has 1 saturated carbocycles. The SMILES string of the molecule is CC1CC(C)(C)CC2(C1)NC(=O)N(CC(O)COc1ccc(F)cc1)C2=O. The fraction of sp³-hybridized carbons (Fsp3) is 0.600. The van der Waals surface area contributed by atoms with Crippen LogP contribution in [0.25, 0.3) is 0 Å². The van der Waals surface area contributed by atoms with Crippen LogP contribution >= 0.6 is 0 Å². The minimum absolute atomic E-state index is 0.0407. The highest BCUT2D eigenvalue weighted by Gasteiger charge is 2.56. The van der Waals surface area contributed by atoms with E-state index < -0.39 is 17.7 Å². The molecule has 1 aliphatic heterocycles. The molecule has 1 saturated heterocycles. The third-order valence-electron chi connectivity index (χ3n) is 5.27. The number of halogens is 1. The molecule has 7 heteroatoms. The number of carbonyl (C=O) groups excluding carboxylic acids is 2. The molecule has 6 nitrogen and oxygen atoms in total. The summed E-state index contributed by atoms with van der Waals surface area (Å²) >= 11 is 0. The molecular formula is C20H27FN2O4. The van der Waals surface area contributed by atoms with Crippen LogP contribution in [0.3, 0.4) is 0 Å². The number of aliphatic hydroxyl groups is 1. The number of amides is 3. The van der Waals surface area contributed by atoms with Crippen LogP contribution < -0.4 is 10.1 Å². The Kier molecular flexibility index (Phi) is 5.16. The van der Waals surface area contributed by atoms with Crippen LogP contribution in [0.5, 0.6) is 5.75 Å². The van der Waals surface area contributed by atoms with E-state index in [1.54, 1.807) is 0 Å². The third kappa shape index (κ3) is 4.24. The van der Waals surface area contributed by atoms with Crippen molar-refractivity contribution in [1.82, 2.24) is 10.2 Å². The van der Waals surface area contributed by atoms with Crippen molar-refractivity contribution in [2.24, 2.45) is 11.3 Å². The number of urea groups is 1. The highest BCUT2D eigenvalue weighted by Crippen LogP contribution is 2.46. The lowest BCUT2D eigenvalue weighted by Crippen LogP contribution is -2.54. The van der Waals surface area contributed by atoms with E-state index in [-0.39, 0.29) is 30.3 Å². The molecule has 0 aromatic heterocycles. The summed E-state index contributed by atoms with van der Waals surface area (Å²) < 4.78 is 18.3. The van der Waals surface area contributed by atoms with Crippen LogP contribution in [0.4, 0.5) is 9.18 Å². The molecule has 0 radical (unpaired) electrons. The maximum atomic E-state index is 13.0. The van der Waals surface area contributed by atoms with Crippen LogP contribution in [0.1, 0.15) is 40.0 Å². The van der Waals surface area contributed by atoms with Crippen LogP contribution in [-0.2, 0) is 4.79 Å². The number of nitrogens with one attached hydrogen (secondary N) is 1. The van der Waals surface area contributed by atoms with E-state index in [4.69, 9.17) is 4.74 Å². The standard InChI is InChI=1S/C20H27FN2O4/c1-13-8-19(2,3)12-20(9-13)17(25)23(18(26)22-20)10-15(24)11-27-16-6-4-14(21)5-7-16/h4-7,13,15,24H,8-12H2,1-3H3,(H,22,26). The first kappa shape index (κ1) is 19.6. The number of nitrogens with zero attached hydrogens (tertiary/aromatic N) is 1. The zero-order valence-corrected chi connectivity index (χ0v) is 16.0. The number of imide groups is 1. The molecule has 1 heterocycles. The smallest absolute Gasteiger partial charge is 0.325 e. The molecule has 2 N–H and O–H groups in total. The second-order valence-electron chi connectivity index (χ2n) is 8.70. The van der Waals surface area contributed by atoms with E-state index in [2.05, 4.69) is 26.1 Å². The van der Waals surface area contributed by atoms with Crippen LogP contribution in [0, 0.1) is 17.2 Å². The lowest BCUT2D eigenvalue weighted by atomic mass is 9.64. The molecule has 2 aliphatic rings. The van der Waals surface area contributed by atoms with Gasteiger partial charge in [-0.05, 0) is 54.9 Å². The summed E-state index contributed by atoms with van der Waals surface area (Å²) in [5.74, 6) is 0.0850. The van der Waals surface area contributed by atoms with Crippen molar-refractivity contribution in [3.63, 3.8) is 0 Å². The molecule has 3 atom stereocenters. The van der Waals surface area contributed by atoms with E-state index in [9.17, 15) is 19.1 Å². The molecule has 1 spiro atoms. The summed E-state index contributed by atoms with van der Waals surface area (Å²) in [5.41, 5.74) is -0.920. The maximum absolute atomic E-state index is 13.0. The summed E-state index contributed by atoms with van der Waals surface area (Å²) in [7, 11) is 0. The first-order valence-corrected chi connectivity index (χ1v) is 9.31. The number of rotatable bonds is 5. The Bertz CT molecular complexity index is 721. The molecule has 148 valence electrons. The van der Waals surface area contributed by atoms with Crippen molar-refractivity contribution in [2.45, 2.75) is 51.7 Å². The fourth-order valence-corrected chi connectivity index (χ4v) is 4.66. The number of aliphatic hydroxyl groups excluding tert-OH is 1. The van der Waals surface area contributed by atoms with Crippen molar-refractivity contribution >= 4 is 11.9 Å². The molecule has 0 bridgehead atoms. The molecule has 1 aliphatic carbocycles. The van der Waals surface area contributed by atoms with Gasteiger partial charge in [-0.15, -0.1) is 0 Å². The van der Waals surface area contributed by atoms with Gasteiger partial charge in [0.1, 0.15) is 29.8 Å². The number of hydrogen-bond donors (Lipinski definition) is 2. The zero-order valence-electron chi connectivity index (χ0n) is 16.0. The summed E-state index contributed by atoms with van der Waals surface area (Å²) in [6.45, 7) is 6.08. The van der Waals surface area contributed by atoms with Crippen molar-refractivity contribution in [3.05, 3.63) is 30.1 Å². The van der Waals surface area contributed by atoms with Crippen molar-refractivity contribution in [2.75, 3.05) is 13.2 Å². The lowest BCUT2D eigenvalue weighted by molar-refractivity contribution is -0.135. The summed E-state index contributed by atoms with van der Waals surface area (Å²) in [5, 5.41) is 13.1. The van der Waals surface area contributed by atoms with E-state index >= 15 is 0 Å². The van der Waals surface area contributed by atoms with Gasteiger partial charge in [0.05, 0.1) is 6.54 Å². The van der Waals surface area contributed by atoms with Gasteiger partial charge in [0.25, 0.3) is 5.91 Å². The number of carbonyl (C=O) groups is 2. The Morgan fingerprint density at radius 3 is 2.59 bits per heavy atom. The normalized spacial score (nSPS) is 28.3. The Labute approximate surface area is 158 Å². The molecular weight excluding hydrogens is 351 g/mol. The van der Waals surface area contributed by atoms with Gasteiger partial charge in [0, 0.05) is 0 Å². The van der Waals surface area contributed by atoms with Gasteiger partial charge in [-0.1, -0.05) is 20.8 Å². The van der Waals surface area contributed by atoms with Crippen LogP contribution in [-0.4, -0.2) is 46.7 Å². The Balaban J connectivity index is 1.62. The van der Waals surface area contributed by atoms with E-state index in [0.717, 1.165) is 11.3 Å². The average molecular weight is 378 g/mol. The van der Waals surface area contributed by atoms with Crippen molar-refractivity contribution < 1.29 is 23.8 Å². The summed E-state index contributed by atoms with van der Waals surface area (Å²) in [6.07, 6.45) is 1.17. The fourth-order valence-electron chi connectivity index (χ4n) is 4.66. The number of hydrogen-bond acceptors (Lipinski definition) is 4. The second kappa shape index (κ2) is 7.11. The van der Waals surface area contributed by atoms with Gasteiger partial charge < -0.3 is 15.2 Å². The summed E-state index contributed by atoms with van der Waals surface area (Å²) in [4.78, 5) is 26.5. The number of benzene rings is 1. The first-order valence-electron chi connectivity index (χ1n) is 9.31. The predicted molar refractivity (Wildman–Crippen MR) is 97.7 cm³/mol. The average Bonchev–Trinajstić information content (AvgIpc) is 2.76. The molecule has 3 unspecified atom stereocenters. The van der Waals surface area contributed by atoms with E-state index in [1.165, 1.54) is 24.3 Å². The molecule has 3 rings (SSSR count). The molecule has 1 aromatic carbocycles. The highest BCUT2D eigenvalue weighted by molar-refractivity contribution is 6.07. The quantitative estimate of drug-likeness (QED) is 0.772. The zero-order chi connectivity index (χ0) is 19.8. The largest absolute Gasteiger partial charge is 0.491 e. The molecule has 1 aromatic rings. The Morgan fingerprint density at radius 2 is 1.96 bits per heavy atom. The molecule has 2 fully saturated rings. The molecule has 3 amide bonds. The van der Waals surface area contributed by atoms with Gasteiger partial charge in [-0.3, -0.25) is 9.69 Å². The van der Waals surface area contributed by atoms with Crippen molar-refractivity contribution in [1.29, 1.82) is 0 Å². The Hall–Kier alpha value is -2.15. The van der Waals surface area contributed by atoms with Gasteiger partial charge in [0.2, 0.25) is 0 Å². The third-order valence-corrected chi connectivity index (χ3v) is 5.27. The topological polar surface area (TPSA) is 78.9 Å².